The molecule has 0 unspecified atom stereocenters. The molecule has 2 aromatic heterocycles. The van der Waals surface area contributed by atoms with Gasteiger partial charge in [-0.2, -0.15) is 10.5 Å². The van der Waals surface area contributed by atoms with Gasteiger partial charge in [0.2, 0.25) is 0 Å². The van der Waals surface area contributed by atoms with E-state index in [0.29, 0.717) is 22.8 Å². The van der Waals surface area contributed by atoms with E-state index >= 15 is 0 Å². The van der Waals surface area contributed by atoms with Crippen LogP contribution in [0.4, 0.5) is 17.2 Å². The van der Waals surface area contributed by atoms with Gasteiger partial charge in [-0.1, -0.05) is 12.8 Å². The van der Waals surface area contributed by atoms with E-state index in [9.17, 15) is 5.26 Å². The van der Waals surface area contributed by atoms with Gasteiger partial charge in [-0.15, -0.1) is 0 Å². The van der Waals surface area contributed by atoms with Crippen LogP contribution in [0.5, 0.6) is 0 Å². The molecule has 26 heavy (non-hydrogen) atoms. The third kappa shape index (κ3) is 3.90. The number of rotatable bonds is 4. The normalized spacial score (nSPS) is 19.2. The predicted octanol–water partition coefficient (Wildman–Crippen LogP) is 2.95. The lowest BCUT2D eigenvalue weighted by Crippen LogP contribution is -2.42. The largest absolute Gasteiger partial charge is 0.379 e. The number of hydrogen-bond donors (Lipinski definition) is 3. The average Bonchev–Trinajstić information content (AvgIpc) is 2.64. The zero-order valence-corrected chi connectivity index (χ0v) is 14.7. The maximum Gasteiger partial charge on any atom is 0.164 e. The average molecular weight is 347 g/mol. The van der Waals surface area contributed by atoms with Gasteiger partial charge in [-0.25, -0.2) is 9.97 Å². The number of aromatic nitrogens is 2. The summed E-state index contributed by atoms with van der Waals surface area (Å²) in [6, 6.07) is 9.77. The van der Waals surface area contributed by atoms with Gasteiger partial charge >= 0.3 is 0 Å². The summed E-state index contributed by atoms with van der Waals surface area (Å²) < 4.78 is 0. The van der Waals surface area contributed by atoms with Crippen molar-refractivity contribution in [1.29, 1.82) is 10.5 Å². The van der Waals surface area contributed by atoms with Crippen LogP contribution < -0.4 is 16.4 Å². The first kappa shape index (κ1) is 17.7. The SMILES string of the molecule is Cc1nc(Nc2cc(N[C@@H]3CCCC[C@@H]3N)cnc2C#N)ccc1C#N. The number of aryl methyl sites for hydroxylation is 1. The molecule has 1 saturated carbocycles. The van der Waals surface area contributed by atoms with Crippen LogP contribution in [-0.2, 0) is 0 Å². The van der Waals surface area contributed by atoms with E-state index in [4.69, 9.17) is 11.0 Å². The van der Waals surface area contributed by atoms with Crippen LogP contribution in [0.2, 0.25) is 0 Å². The molecule has 1 fully saturated rings. The van der Waals surface area contributed by atoms with Crippen molar-refractivity contribution in [3.63, 3.8) is 0 Å². The van der Waals surface area contributed by atoms with Gasteiger partial charge < -0.3 is 16.4 Å². The summed E-state index contributed by atoms with van der Waals surface area (Å²) in [7, 11) is 0. The second-order valence-corrected chi connectivity index (χ2v) is 6.50. The fraction of sp³-hybridized carbons (Fsp3) is 0.368. The Balaban J connectivity index is 1.83. The lowest BCUT2D eigenvalue weighted by molar-refractivity contribution is 0.404. The van der Waals surface area contributed by atoms with Crippen molar-refractivity contribution in [2.45, 2.75) is 44.7 Å². The van der Waals surface area contributed by atoms with Crippen molar-refractivity contribution >= 4 is 17.2 Å². The van der Waals surface area contributed by atoms with Crippen molar-refractivity contribution in [2.75, 3.05) is 10.6 Å². The molecule has 0 bridgehead atoms. The highest BCUT2D eigenvalue weighted by molar-refractivity contribution is 5.67. The number of nitriles is 2. The standard InChI is InChI=1S/C19H21N7/c1-12-13(9-20)6-7-19(24-12)26-17-8-14(11-23-18(17)10-21)25-16-5-3-2-4-15(16)22/h6-8,11,15-16,25H,2-5,22H2,1H3,(H,24,26)/t15-,16+/m0/s1. The molecule has 132 valence electrons. The highest BCUT2D eigenvalue weighted by Crippen LogP contribution is 2.25. The fourth-order valence-corrected chi connectivity index (χ4v) is 3.17. The van der Waals surface area contributed by atoms with Crippen molar-refractivity contribution < 1.29 is 0 Å². The van der Waals surface area contributed by atoms with E-state index in [1.807, 2.05) is 6.07 Å². The Bertz CT molecular complexity index is 878. The Hall–Kier alpha value is -3.16. The maximum atomic E-state index is 9.33. The summed E-state index contributed by atoms with van der Waals surface area (Å²) in [5, 5.41) is 24.9. The summed E-state index contributed by atoms with van der Waals surface area (Å²) in [5.41, 5.74) is 9.03. The lowest BCUT2D eigenvalue weighted by Gasteiger charge is -2.30. The number of pyridine rings is 2. The second kappa shape index (κ2) is 7.81. The fourth-order valence-electron chi connectivity index (χ4n) is 3.17. The van der Waals surface area contributed by atoms with Gasteiger partial charge in [-0.3, -0.25) is 0 Å². The van der Waals surface area contributed by atoms with Gasteiger partial charge in [-0.05, 0) is 38.0 Å². The van der Waals surface area contributed by atoms with Crippen LogP contribution in [0, 0.1) is 29.6 Å². The zero-order valence-electron chi connectivity index (χ0n) is 14.7. The van der Waals surface area contributed by atoms with Crippen molar-refractivity contribution in [2.24, 2.45) is 5.73 Å². The molecule has 0 aromatic carbocycles. The molecule has 1 aliphatic carbocycles. The van der Waals surface area contributed by atoms with Crippen LogP contribution in [0.15, 0.2) is 24.4 Å². The Kier molecular flexibility index (Phi) is 5.31. The molecular weight excluding hydrogens is 326 g/mol. The summed E-state index contributed by atoms with van der Waals surface area (Å²) >= 11 is 0. The Morgan fingerprint density at radius 2 is 2.00 bits per heavy atom. The summed E-state index contributed by atoms with van der Waals surface area (Å²) in [4.78, 5) is 8.59. The first-order chi connectivity index (χ1) is 12.6. The second-order valence-electron chi connectivity index (χ2n) is 6.50. The summed E-state index contributed by atoms with van der Waals surface area (Å²) in [6.07, 6.45) is 6.03. The van der Waals surface area contributed by atoms with E-state index < -0.39 is 0 Å². The Morgan fingerprint density at radius 3 is 2.69 bits per heavy atom. The minimum atomic E-state index is 0.124. The first-order valence-corrected chi connectivity index (χ1v) is 8.67. The van der Waals surface area contributed by atoms with E-state index in [2.05, 4.69) is 32.7 Å². The number of nitrogens with two attached hydrogens (primary N) is 1. The van der Waals surface area contributed by atoms with Crippen LogP contribution in [0.1, 0.15) is 42.6 Å². The van der Waals surface area contributed by atoms with Gasteiger partial charge in [0, 0.05) is 12.1 Å². The topological polar surface area (TPSA) is 123 Å². The molecule has 0 amide bonds. The van der Waals surface area contributed by atoms with E-state index in [1.54, 1.807) is 25.3 Å². The van der Waals surface area contributed by atoms with Crippen LogP contribution in [0.25, 0.3) is 0 Å². The van der Waals surface area contributed by atoms with E-state index in [0.717, 1.165) is 24.9 Å². The minimum Gasteiger partial charge on any atom is -0.379 e. The van der Waals surface area contributed by atoms with Crippen molar-refractivity contribution in [3.8, 4) is 12.1 Å². The maximum absolute atomic E-state index is 9.33. The van der Waals surface area contributed by atoms with Gasteiger partial charge in [0.1, 0.15) is 18.0 Å². The quantitative estimate of drug-likeness (QED) is 0.776. The van der Waals surface area contributed by atoms with Crippen LogP contribution in [0.3, 0.4) is 0 Å². The molecule has 1 aliphatic rings. The predicted molar refractivity (Wildman–Crippen MR) is 99.8 cm³/mol. The lowest BCUT2D eigenvalue weighted by atomic mass is 9.91. The van der Waals surface area contributed by atoms with E-state index in [-0.39, 0.29) is 17.8 Å². The molecule has 4 N–H and O–H groups in total. The highest BCUT2D eigenvalue weighted by Gasteiger charge is 2.21. The van der Waals surface area contributed by atoms with Crippen molar-refractivity contribution in [3.05, 3.63) is 41.3 Å². The van der Waals surface area contributed by atoms with Gasteiger partial charge in [0.25, 0.3) is 0 Å². The third-order valence-electron chi connectivity index (χ3n) is 4.63. The molecule has 7 heteroatoms. The number of hydrogen-bond acceptors (Lipinski definition) is 7. The van der Waals surface area contributed by atoms with Gasteiger partial charge in [0.15, 0.2) is 5.69 Å². The number of nitrogens with zero attached hydrogens (tertiary/aromatic N) is 4. The Labute approximate surface area is 152 Å². The molecule has 7 nitrogen and oxygen atoms in total. The van der Waals surface area contributed by atoms with Crippen LogP contribution in [-0.4, -0.2) is 22.1 Å². The molecule has 2 aromatic rings. The molecule has 0 spiro atoms. The molecular formula is C19H21N7. The number of nitrogens with one attached hydrogen (secondary N) is 2. The highest BCUT2D eigenvalue weighted by atomic mass is 15.0. The zero-order chi connectivity index (χ0) is 18.5. The molecule has 3 rings (SSSR count). The molecule has 2 atom stereocenters. The van der Waals surface area contributed by atoms with Crippen molar-refractivity contribution in [1.82, 2.24) is 9.97 Å². The smallest absolute Gasteiger partial charge is 0.164 e. The molecule has 0 aliphatic heterocycles. The molecule has 0 saturated heterocycles. The summed E-state index contributed by atoms with van der Waals surface area (Å²) in [6.45, 7) is 1.77. The first-order valence-electron chi connectivity index (χ1n) is 8.67. The molecule has 2 heterocycles. The van der Waals surface area contributed by atoms with Crippen LogP contribution >= 0.6 is 0 Å². The third-order valence-corrected chi connectivity index (χ3v) is 4.63. The number of anilines is 3. The molecule has 0 radical (unpaired) electrons. The monoisotopic (exact) mass is 347 g/mol. The summed E-state index contributed by atoms with van der Waals surface area (Å²) in [5.74, 6) is 0.561. The van der Waals surface area contributed by atoms with E-state index in [1.165, 1.54) is 6.42 Å². The minimum absolute atomic E-state index is 0.124. The Morgan fingerprint density at radius 1 is 1.19 bits per heavy atom. The van der Waals surface area contributed by atoms with Gasteiger partial charge in [0.05, 0.1) is 28.8 Å².